The number of carbonyl (C=O) groups is 3. The van der Waals surface area contributed by atoms with Crippen molar-refractivity contribution in [1.82, 2.24) is 10.2 Å². The quantitative estimate of drug-likeness (QED) is 0.358. The van der Waals surface area contributed by atoms with E-state index in [4.69, 9.17) is 27.9 Å². The van der Waals surface area contributed by atoms with Gasteiger partial charge in [0.1, 0.15) is 17.9 Å². The van der Waals surface area contributed by atoms with Gasteiger partial charge in [0.15, 0.2) is 0 Å². The second-order valence-corrected chi connectivity index (χ2v) is 9.70. The number of urea groups is 1. The zero-order valence-electron chi connectivity index (χ0n) is 17.6. The SMILES string of the molecule is O=C1NC(=O)N(C2CCCCC2)C(=O)C1=Cc1ccc(OCc2ccc(Cl)cc2Cl)c(Br)c1. The van der Waals surface area contributed by atoms with Gasteiger partial charge in [-0.15, -0.1) is 0 Å². The maximum absolute atomic E-state index is 13.0. The number of nitrogens with one attached hydrogen (secondary N) is 1. The van der Waals surface area contributed by atoms with E-state index in [0.29, 0.717) is 25.8 Å². The van der Waals surface area contributed by atoms with E-state index in [1.807, 2.05) is 0 Å². The third kappa shape index (κ3) is 5.42. The van der Waals surface area contributed by atoms with Crippen molar-refractivity contribution in [2.24, 2.45) is 0 Å². The standard InChI is InChI=1S/C24H21BrCl2N2O4/c25-19-11-14(6-9-21(19)33-13-15-7-8-16(26)12-20(15)27)10-18-22(30)28-24(32)29(23(18)31)17-4-2-1-3-5-17/h6-12,17H,1-5,13H2,(H,28,30,32). The Hall–Kier alpha value is -2.35. The molecule has 2 fully saturated rings. The minimum Gasteiger partial charge on any atom is -0.488 e. The summed E-state index contributed by atoms with van der Waals surface area (Å²) in [7, 11) is 0. The highest BCUT2D eigenvalue weighted by Crippen LogP contribution is 2.30. The molecule has 0 radical (unpaired) electrons. The topological polar surface area (TPSA) is 75.7 Å². The number of hydrogen-bond acceptors (Lipinski definition) is 4. The third-order valence-electron chi connectivity index (χ3n) is 5.74. The lowest BCUT2D eigenvalue weighted by Gasteiger charge is -2.35. The van der Waals surface area contributed by atoms with Gasteiger partial charge in [-0.05, 0) is 64.7 Å². The number of amides is 4. The molecular weight excluding hydrogens is 531 g/mol. The molecule has 0 atom stereocenters. The van der Waals surface area contributed by atoms with Crippen LogP contribution in [0.2, 0.25) is 10.0 Å². The molecule has 6 nitrogen and oxygen atoms in total. The first-order chi connectivity index (χ1) is 15.8. The summed E-state index contributed by atoms with van der Waals surface area (Å²) >= 11 is 15.6. The van der Waals surface area contributed by atoms with Gasteiger partial charge in [-0.2, -0.15) is 0 Å². The molecule has 0 bridgehead atoms. The molecule has 0 unspecified atom stereocenters. The van der Waals surface area contributed by atoms with Crippen LogP contribution in [0, 0.1) is 0 Å². The predicted molar refractivity (Wildman–Crippen MR) is 130 cm³/mol. The van der Waals surface area contributed by atoms with Crippen LogP contribution in [0.25, 0.3) is 6.08 Å². The second-order valence-electron chi connectivity index (χ2n) is 8.00. The van der Waals surface area contributed by atoms with Gasteiger partial charge in [0, 0.05) is 21.7 Å². The second kappa shape index (κ2) is 10.3. The fourth-order valence-electron chi connectivity index (χ4n) is 4.03. The molecule has 9 heteroatoms. The van der Waals surface area contributed by atoms with Gasteiger partial charge in [-0.3, -0.25) is 19.8 Å². The average molecular weight is 552 g/mol. The highest BCUT2D eigenvalue weighted by atomic mass is 79.9. The lowest BCUT2D eigenvalue weighted by atomic mass is 9.93. The maximum atomic E-state index is 13.0. The van der Waals surface area contributed by atoms with Crippen molar-refractivity contribution < 1.29 is 19.1 Å². The average Bonchev–Trinajstić information content (AvgIpc) is 2.78. The van der Waals surface area contributed by atoms with Gasteiger partial charge in [0.05, 0.1) is 4.47 Å². The third-order valence-corrected chi connectivity index (χ3v) is 6.94. The van der Waals surface area contributed by atoms with E-state index in [9.17, 15) is 14.4 Å². The van der Waals surface area contributed by atoms with Crippen LogP contribution in [0.1, 0.15) is 43.2 Å². The molecule has 1 aliphatic carbocycles. The number of barbiturate groups is 1. The minimum absolute atomic E-state index is 0.0614. The van der Waals surface area contributed by atoms with Crippen molar-refractivity contribution in [3.05, 3.63) is 67.6 Å². The van der Waals surface area contributed by atoms with Crippen LogP contribution in [0.15, 0.2) is 46.4 Å². The molecule has 1 heterocycles. The van der Waals surface area contributed by atoms with E-state index in [1.165, 1.54) is 11.0 Å². The fraction of sp³-hybridized carbons (Fsp3) is 0.292. The number of benzene rings is 2. The first-order valence-corrected chi connectivity index (χ1v) is 12.1. The number of hydrogen-bond donors (Lipinski definition) is 1. The number of rotatable bonds is 5. The van der Waals surface area contributed by atoms with E-state index in [1.54, 1.807) is 36.4 Å². The molecule has 0 spiro atoms. The van der Waals surface area contributed by atoms with Crippen LogP contribution in [-0.2, 0) is 16.2 Å². The molecule has 0 aromatic heterocycles. The van der Waals surface area contributed by atoms with E-state index in [-0.39, 0.29) is 18.2 Å². The van der Waals surface area contributed by atoms with Crippen LogP contribution in [-0.4, -0.2) is 28.8 Å². The van der Waals surface area contributed by atoms with E-state index >= 15 is 0 Å². The minimum atomic E-state index is -0.689. The van der Waals surface area contributed by atoms with Crippen molar-refractivity contribution in [2.45, 2.75) is 44.8 Å². The zero-order chi connectivity index (χ0) is 23.5. The number of imide groups is 2. The van der Waals surface area contributed by atoms with E-state index < -0.39 is 17.8 Å². The van der Waals surface area contributed by atoms with Crippen LogP contribution in [0.3, 0.4) is 0 Å². The molecular formula is C24H21BrCl2N2O4. The van der Waals surface area contributed by atoms with Gasteiger partial charge in [0.25, 0.3) is 11.8 Å². The van der Waals surface area contributed by atoms with Gasteiger partial charge >= 0.3 is 6.03 Å². The number of ether oxygens (including phenoxy) is 1. The normalized spacial score (nSPS) is 18.6. The van der Waals surface area contributed by atoms with E-state index in [2.05, 4.69) is 21.2 Å². The molecule has 4 rings (SSSR count). The van der Waals surface area contributed by atoms with Crippen LogP contribution >= 0.6 is 39.1 Å². The molecule has 1 N–H and O–H groups in total. The van der Waals surface area contributed by atoms with Gasteiger partial charge in [-0.25, -0.2) is 4.79 Å². The molecule has 1 saturated heterocycles. The molecule has 4 amide bonds. The summed E-state index contributed by atoms with van der Waals surface area (Å²) in [6.45, 7) is 0.244. The van der Waals surface area contributed by atoms with Crippen molar-refractivity contribution in [3.63, 3.8) is 0 Å². The predicted octanol–water partition coefficient (Wildman–Crippen LogP) is 6.13. The summed E-state index contributed by atoms with van der Waals surface area (Å²) in [6.07, 6.45) is 6.03. The molecule has 2 aliphatic rings. The smallest absolute Gasteiger partial charge is 0.331 e. The van der Waals surface area contributed by atoms with Gasteiger partial charge < -0.3 is 4.74 Å². The molecule has 2 aromatic carbocycles. The summed E-state index contributed by atoms with van der Waals surface area (Å²) in [6, 6.07) is 9.58. The summed E-state index contributed by atoms with van der Waals surface area (Å²) < 4.78 is 6.49. The Morgan fingerprint density at radius 1 is 1.06 bits per heavy atom. The number of nitrogens with zero attached hydrogens (tertiary/aromatic N) is 1. The summed E-state index contributed by atoms with van der Waals surface area (Å²) in [5.41, 5.74) is 1.35. The first-order valence-electron chi connectivity index (χ1n) is 10.6. The van der Waals surface area contributed by atoms with Gasteiger partial charge in [-0.1, -0.05) is 54.6 Å². The van der Waals surface area contributed by atoms with Gasteiger partial charge in [0.2, 0.25) is 0 Å². The Bertz CT molecular complexity index is 1150. The van der Waals surface area contributed by atoms with Crippen molar-refractivity contribution >= 4 is 63.1 Å². The number of halogens is 3. The molecule has 1 aliphatic heterocycles. The summed E-state index contributed by atoms with van der Waals surface area (Å²) in [5, 5.41) is 3.36. The van der Waals surface area contributed by atoms with Crippen LogP contribution in [0.5, 0.6) is 5.75 Å². The number of carbonyl (C=O) groups excluding carboxylic acids is 3. The molecule has 172 valence electrons. The molecule has 1 saturated carbocycles. The van der Waals surface area contributed by atoms with Crippen molar-refractivity contribution in [2.75, 3.05) is 0 Å². The molecule has 2 aromatic rings. The Morgan fingerprint density at radius 2 is 1.82 bits per heavy atom. The lowest BCUT2D eigenvalue weighted by Crippen LogP contribution is -2.58. The van der Waals surface area contributed by atoms with Crippen LogP contribution < -0.4 is 10.1 Å². The Kier molecular flexibility index (Phi) is 7.41. The largest absolute Gasteiger partial charge is 0.488 e. The Balaban J connectivity index is 1.51. The molecule has 33 heavy (non-hydrogen) atoms. The van der Waals surface area contributed by atoms with Crippen LogP contribution in [0.4, 0.5) is 4.79 Å². The fourth-order valence-corrected chi connectivity index (χ4v) is 5.00. The van der Waals surface area contributed by atoms with Crippen molar-refractivity contribution in [3.8, 4) is 5.75 Å². The highest BCUT2D eigenvalue weighted by molar-refractivity contribution is 9.10. The first kappa shape index (κ1) is 23.8. The monoisotopic (exact) mass is 550 g/mol. The highest BCUT2D eigenvalue weighted by Gasteiger charge is 2.40. The zero-order valence-corrected chi connectivity index (χ0v) is 20.7. The lowest BCUT2D eigenvalue weighted by molar-refractivity contribution is -0.132. The Labute approximate surface area is 210 Å². The summed E-state index contributed by atoms with van der Waals surface area (Å²) in [4.78, 5) is 39.0. The van der Waals surface area contributed by atoms with E-state index in [0.717, 1.165) is 37.7 Å². The van der Waals surface area contributed by atoms with Crippen molar-refractivity contribution in [1.29, 1.82) is 0 Å². The summed E-state index contributed by atoms with van der Waals surface area (Å²) in [5.74, 6) is -0.669. The Morgan fingerprint density at radius 3 is 2.52 bits per heavy atom. The maximum Gasteiger partial charge on any atom is 0.331 e.